The molecule has 0 aromatic heterocycles. The monoisotopic (exact) mass is 251 g/mol. The highest BCUT2D eigenvalue weighted by molar-refractivity contribution is 5.07. The molecular formula is C12H20F3NO. The van der Waals surface area contributed by atoms with E-state index in [2.05, 4.69) is 0 Å². The molecule has 2 fully saturated rings. The first-order valence-electron chi connectivity index (χ1n) is 6.34. The topological polar surface area (TPSA) is 35.2 Å². The van der Waals surface area contributed by atoms with Gasteiger partial charge in [-0.2, -0.15) is 13.2 Å². The third-order valence-electron chi connectivity index (χ3n) is 4.46. The van der Waals surface area contributed by atoms with Crippen LogP contribution >= 0.6 is 0 Å². The molecule has 3 unspecified atom stereocenters. The average Bonchev–Trinajstić information content (AvgIpc) is 2.28. The molecule has 2 aliphatic carbocycles. The highest BCUT2D eigenvalue weighted by atomic mass is 19.4. The summed E-state index contributed by atoms with van der Waals surface area (Å²) in [6.07, 6.45) is -0.547. The molecule has 0 amide bonds. The van der Waals surface area contributed by atoms with Gasteiger partial charge in [0.1, 0.15) is 0 Å². The van der Waals surface area contributed by atoms with Crippen LogP contribution in [0.5, 0.6) is 0 Å². The Morgan fingerprint density at radius 1 is 1.24 bits per heavy atom. The summed E-state index contributed by atoms with van der Waals surface area (Å²) in [5, 5.41) is 0. The van der Waals surface area contributed by atoms with Crippen LogP contribution in [0.25, 0.3) is 0 Å². The second-order valence-electron chi connectivity index (χ2n) is 5.44. The van der Waals surface area contributed by atoms with Crippen molar-refractivity contribution >= 4 is 0 Å². The molecule has 0 saturated heterocycles. The fourth-order valence-corrected chi connectivity index (χ4v) is 3.20. The van der Waals surface area contributed by atoms with Crippen molar-refractivity contribution in [1.82, 2.24) is 0 Å². The molecule has 0 aromatic rings. The van der Waals surface area contributed by atoms with E-state index in [1.54, 1.807) is 0 Å². The number of hydrogen-bond acceptors (Lipinski definition) is 2. The van der Waals surface area contributed by atoms with E-state index in [4.69, 9.17) is 10.5 Å². The Morgan fingerprint density at radius 2 is 1.82 bits per heavy atom. The third-order valence-corrected chi connectivity index (χ3v) is 4.46. The number of alkyl halides is 3. The molecule has 0 bridgehead atoms. The maximum atomic E-state index is 12.5. The van der Waals surface area contributed by atoms with Crippen LogP contribution in [0.3, 0.4) is 0 Å². The Labute approximate surface area is 99.7 Å². The average molecular weight is 251 g/mol. The van der Waals surface area contributed by atoms with Gasteiger partial charge in [-0.3, -0.25) is 0 Å². The maximum Gasteiger partial charge on any atom is 0.414 e. The van der Waals surface area contributed by atoms with Gasteiger partial charge in [0.15, 0.2) is 6.10 Å². The lowest BCUT2D eigenvalue weighted by atomic mass is 9.55. The summed E-state index contributed by atoms with van der Waals surface area (Å²) in [5.74, 6) is 0. The van der Waals surface area contributed by atoms with Gasteiger partial charge in [-0.1, -0.05) is 19.3 Å². The van der Waals surface area contributed by atoms with E-state index < -0.39 is 12.3 Å². The van der Waals surface area contributed by atoms with Gasteiger partial charge in [0, 0.05) is 11.5 Å². The summed E-state index contributed by atoms with van der Waals surface area (Å²) < 4.78 is 42.6. The molecule has 0 radical (unpaired) electrons. The standard InChI is InChI=1S/C12H20F3NO/c1-8(12(13,14)15)17-10-7-9(16)11(10)5-3-2-4-6-11/h8-10H,2-7,16H2,1H3. The number of halogens is 3. The molecular weight excluding hydrogens is 231 g/mol. The first kappa shape index (κ1) is 13.1. The Balaban J connectivity index is 1.98. The van der Waals surface area contributed by atoms with E-state index in [1.807, 2.05) is 0 Å². The summed E-state index contributed by atoms with van der Waals surface area (Å²) in [6.45, 7) is 1.08. The zero-order valence-electron chi connectivity index (χ0n) is 10.1. The van der Waals surface area contributed by atoms with Gasteiger partial charge in [0.25, 0.3) is 0 Å². The zero-order chi connectivity index (χ0) is 12.7. The van der Waals surface area contributed by atoms with Gasteiger partial charge >= 0.3 is 6.18 Å². The summed E-state index contributed by atoms with van der Waals surface area (Å²) in [5.41, 5.74) is 5.83. The first-order valence-corrected chi connectivity index (χ1v) is 6.34. The molecule has 3 atom stereocenters. The number of rotatable bonds is 2. The first-order chi connectivity index (χ1) is 7.86. The molecule has 0 aliphatic heterocycles. The SMILES string of the molecule is CC(OC1CC(N)C12CCCCC2)C(F)(F)F. The Kier molecular flexibility index (Phi) is 3.42. The molecule has 2 N–H and O–H groups in total. The van der Waals surface area contributed by atoms with Crippen LogP contribution < -0.4 is 5.73 Å². The van der Waals surface area contributed by atoms with E-state index in [-0.39, 0.29) is 17.6 Å². The summed E-state index contributed by atoms with van der Waals surface area (Å²) in [6, 6.07) is 0.0215. The van der Waals surface area contributed by atoms with Gasteiger partial charge in [-0.05, 0) is 26.2 Å². The Morgan fingerprint density at radius 3 is 2.29 bits per heavy atom. The van der Waals surface area contributed by atoms with Crippen LogP contribution in [0.2, 0.25) is 0 Å². The number of ether oxygens (including phenoxy) is 1. The molecule has 1 spiro atoms. The fourth-order valence-electron chi connectivity index (χ4n) is 3.20. The smallest absolute Gasteiger partial charge is 0.365 e. The van der Waals surface area contributed by atoms with Crippen LogP contribution in [0, 0.1) is 5.41 Å². The van der Waals surface area contributed by atoms with Crippen LogP contribution in [0.15, 0.2) is 0 Å². The van der Waals surface area contributed by atoms with Gasteiger partial charge < -0.3 is 10.5 Å². The lowest BCUT2D eigenvalue weighted by Crippen LogP contribution is -2.64. The van der Waals surface area contributed by atoms with Gasteiger partial charge in [0.2, 0.25) is 0 Å². The van der Waals surface area contributed by atoms with E-state index in [9.17, 15) is 13.2 Å². The summed E-state index contributed by atoms with van der Waals surface area (Å²) in [4.78, 5) is 0. The minimum atomic E-state index is -4.27. The minimum absolute atomic E-state index is 0.0215. The van der Waals surface area contributed by atoms with Crippen LogP contribution in [-0.4, -0.2) is 24.4 Å². The fraction of sp³-hybridized carbons (Fsp3) is 1.00. The van der Waals surface area contributed by atoms with E-state index >= 15 is 0 Å². The number of hydrogen-bond donors (Lipinski definition) is 1. The molecule has 2 nitrogen and oxygen atoms in total. The lowest BCUT2D eigenvalue weighted by molar-refractivity contribution is -0.262. The van der Waals surface area contributed by atoms with Gasteiger partial charge in [-0.15, -0.1) is 0 Å². The molecule has 2 aliphatic rings. The van der Waals surface area contributed by atoms with E-state index in [1.165, 1.54) is 0 Å². The van der Waals surface area contributed by atoms with Crippen LogP contribution in [0.1, 0.15) is 45.4 Å². The predicted molar refractivity (Wildman–Crippen MR) is 58.5 cm³/mol. The molecule has 2 rings (SSSR count). The molecule has 100 valence electrons. The molecule has 0 aromatic carbocycles. The molecule has 17 heavy (non-hydrogen) atoms. The summed E-state index contributed by atoms with van der Waals surface area (Å²) >= 11 is 0. The molecule has 5 heteroatoms. The van der Waals surface area contributed by atoms with E-state index in [0.717, 1.165) is 39.0 Å². The van der Waals surface area contributed by atoms with Crippen LogP contribution in [0.4, 0.5) is 13.2 Å². The number of nitrogens with two attached hydrogens (primary N) is 1. The van der Waals surface area contributed by atoms with Crippen molar-refractivity contribution in [2.45, 2.75) is 69.9 Å². The molecule has 0 heterocycles. The summed E-state index contributed by atoms with van der Waals surface area (Å²) in [7, 11) is 0. The Bertz CT molecular complexity index is 273. The normalized spacial score (nSPS) is 34.4. The second-order valence-corrected chi connectivity index (χ2v) is 5.44. The van der Waals surface area contributed by atoms with Gasteiger partial charge in [-0.25, -0.2) is 0 Å². The lowest BCUT2D eigenvalue weighted by Gasteiger charge is -2.56. The van der Waals surface area contributed by atoms with Crippen molar-refractivity contribution in [3.05, 3.63) is 0 Å². The largest absolute Gasteiger partial charge is 0.414 e. The van der Waals surface area contributed by atoms with Gasteiger partial charge in [0.05, 0.1) is 6.10 Å². The van der Waals surface area contributed by atoms with Crippen molar-refractivity contribution in [2.75, 3.05) is 0 Å². The minimum Gasteiger partial charge on any atom is -0.365 e. The molecule has 2 saturated carbocycles. The van der Waals surface area contributed by atoms with Crippen molar-refractivity contribution in [1.29, 1.82) is 0 Å². The van der Waals surface area contributed by atoms with Crippen LogP contribution in [-0.2, 0) is 4.74 Å². The Hall–Kier alpha value is -0.290. The highest BCUT2D eigenvalue weighted by Gasteiger charge is 2.56. The quantitative estimate of drug-likeness (QED) is 0.818. The third kappa shape index (κ3) is 2.32. The van der Waals surface area contributed by atoms with Crippen molar-refractivity contribution in [3.8, 4) is 0 Å². The highest BCUT2D eigenvalue weighted by Crippen LogP contribution is 2.53. The maximum absolute atomic E-state index is 12.5. The zero-order valence-corrected chi connectivity index (χ0v) is 10.1. The predicted octanol–water partition coefficient (Wildman–Crippen LogP) is 3.00. The van der Waals surface area contributed by atoms with E-state index in [0.29, 0.717) is 6.42 Å². The second kappa shape index (κ2) is 4.43. The van der Waals surface area contributed by atoms with Crippen molar-refractivity contribution in [3.63, 3.8) is 0 Å². The van der Waals surface area contributed by atoms with Crippen molar-refractivity contribution in [2.24, 2.45) is 11.1 Å². The van der Waals surface area contributed by atoms with Crippen molar-refractivity contribution < 1.29 is 17.9 Å².